The van der Waals surface area contributed by atoms with E-state index in [2.05, 4.69) is 15.3 Å². The molecule has 1 amide bonds. The van der Waals surface area contributed by atoms with Gasteiger partial charge in [0, 0.05) is 12.4 Å². The molecule has 2 N–H and O–H groups in total. The lowest BCUT2D eigenvalue weighted by atomic mass is 10.3. The highest BCUT2D eigenvalue weighted by atomic mass is 16.2. The Morgan fingerprint density at radius 1 is 1.25 bits per heavy atom. The maximum atomic E-state index is 11.6. The standard InChI is InChI=1S/C11H9N3O2/c15-10-9(5-3-7-13-10)14-11(16)8-4-1-2-6-12-8/h1-7H,(H,13,15)(H,14,16). The monoisotopic (exact) mass is 215 g/mol. The molecule has 80 valence electrons. The lowest BCUT2D eigenvalue weighted by Gasteiger charge is -2.02. The Kier molecular flexibility index (Phi) is 2.77. The molecule has 0 aliphatic heterocycles. The van der Waals surface area contributed by atoms with Crippen LogP contribution >= 0.6 is 0 Å². The zero-order valence-corrected chi connectivity index (χ0v) is 8.31. The molecule has 0 saturated heterocycles. The van der Waals surface area contributed by atoms with Gasteiger partial charge in [-0.05, 0) is 24.3 Å². The SMILES string of the molecule is O=C(Nc1ccc[nH]c1=O)c1ccccn1. The Labute approximate surface area is 91.2 Å². The summed E-state index contributed by atoms with van der Waals surface area (Å²) in [6.45, 7) is 0. The van der Waals surface area contributed by atoms with E-state index in [1.54, 1.807) is 24.3 Å². The lowest BCUT2D eigenvalue weighted by Crippen LogP contribution is -2.19. The highest BCUT2D eigenvalue weighted by Gasteiger charge is 2.07. The largest absolute Gasteiger partial charge is 0.327 e. The molecule has 0 fully saturated rings. The first-order valence-corrected chi connectivity index (χ1v) is 4.67. The minimum atomic E-state index is -0.405. The summed E-state index contributed by atoms with van der Waals surface area (Å²) >= 11 is 0. The van der Waals surface area contributed by atoms with Crippen molar-refractivity contribution in [2.24, 2.45) is 0 Å². The molecule has 0 aliphatic rings. The maximum Gasteiger partial charge on any atom is 0.274 e. The van der Waals surface area contributed by atoms with E-state index in [-0.39, 0.29) is 16.9 Å². The smallest absolute Gasteiger partial charge is 0.274 e. The average molecular weight is 215 g/mol. The van der Waals surface area contributed by atoms with Crippen molar-refractivity contribution in [3.63, 3.8) is 0 Å². The van der Waals surface area contributed by atoms with Gasteiger partial charge in [0.15, 0.2) is 0 Å². The molecular weight excluding hydrogens is 206 g/mol. The summed E-state index contributed by atoms with van der Waals surface area (Å²) in [6, 6.07) is 8.16. The molecule has 0 aromatic carbocycles. The summed E-state index contributed by atoms with van der Waals surface area (Å²) in [4.78, 5) is 29.3. The molecule has 2 aromatic rings. The zero-order valence-electron chi connectivity index (χ0n) is 8.31. The van der Waals surface area contributed by atoms with Crippen LogP contribution in [0.3, 0.4) is 0 Å². The minimum absolute atomic E-state index is 0.207. The van der Waals surface area contributed by atoms with Crippen molar-refractivity contribution in [2.45, 2.75) is 0 Å². The summed E-state index contributed by atoms with van der Waals surface area (Å²) < 4.78 is 0. The van der Waals surface area contributed by atoms with Gasteiger partial charge < -0.3 is 10.3 Å². The number of nitrogens with one attached hydrogen (secondary N) is 2. The summed E-state index contributed by atoms with van der Waals surface area (Å²) in [6.07, 6.45) is 3.02. The molecule has 0 saturated carbocycles. The number of anilines is 1. The topological polar surface area (TPSA) is 74.8 Å². The van der Waals surface area contributed by atoms with Crippen LogP contribution in [0.4, 0.5) is 5.69 Å². The van der Waals surface area contributed by atoms with Gasteiger partial charge in [-0.25, -0.2) is 0 Å². The second kappa shape index (κ2) is 4.39. The molecule has 5 heteroatoms. The third-order valence-electron chi connectivity index (χ3n) is 1.96. The number of hydrogen-bond acceptors (Lipinski definition) is 3. The number of aromatic amines is 1. The van der Waals surface area contributed by atoms with Crippen LogP contribution in [0.5, 0.6) is 0 Å². The predicted octanol–water partition coefficient (Wildman–Crippen LogP) is 1.02. The number of pyridine rings is 2. The van der Waals surface area contributed by atoms with Crippen LogP contribution in [0, 0.1) is 0 Å². The third-order valence-corrected chi connectivity index (χ3v) is 1.96. The second-order valence-corrected chi connectivity index (χ2v) is 3.08. The Balaban J connectivity index is 2.21. The van der Waals surface area contributed by atoms with Crippen molar-refractivity contribution in [3.8, 4) is 0 Å². The van der Waals surface area contributed by atoms with E-state index < -0.39 is 5.91 Å². The molecule has 0 aliphatic carbocycles. The summed E-state index contributed by atoms with van der Waals surface area (Å²) in [5, 5.41) is 2.48. The van der Waals surface area contributed by atoms with Gasteiger partial charge in [-0.3, -0.25) is 14.6 Å². The van der Waals surface area contributed by atoms with Gasteiger partial charge in [0.05, 0.1) is 0 Å². The number of aromatic nitrogens is 2. The molecule has 16 heavy (non-hydrogen) atoms. The van der Waals surface area contributed by atoms with Gasteiger partial charge in [-0.1, -0.05) is 6.07 Å². The second-order valence-electron chi connectivity index (χ2n) is 3.08. The average Bonchev–Trinajstić information content (AvgIpc) is 2.33. The summed E-state index contributed by atoms with van der Waals surface area (Å²) in [5.41, 5.74) is 0.135. The Bertz CT molecular complexity index is 548. The lowest BCUT2D eigenvalue weighted by molar-refractivity contribution is 0.102. The van der Waals surface area contributed by atoms with Crippen molar-refractivity contribution in [1.29, 1.82) is 0 Å². The minimum Gasteiger partial charge on any atom is -0.327 e. The Hall–Kier alpha value is -2.43. The van der Waals surface area contributed by atoms with E-state index in [4.69, 9.17) is 0 Å². The van der Waals surface area contributed by atoms with Crippen LogP contribution in [0.2, 0.25) is 0 Å². The van der Waals surface area contributed by atoms with E-state index in [1.165, 1.54) is 18.5 Å². The van der Waals surface area contributed by atoms with Gasteiger partial charge >= 0.3 is 0 Å². The summed E-state index contributed by atoms with van der Waals surface area (Å²) in [7, 11) is 0. The number of rotatable bonds is 2. The first kappa shape index (κ1) is 10.1. The molecule has 0 atom stereocenters. The number of nitrogens with zero attached hydrogens (tertiary/aromatic N) is 1. The predicted molar refractivity (Wildman–Crippen MR) is 59.3 cm³/mol. The molecule has 5 nitrogen and oxygen atoms in total. The number of carbonyl (C=O) groups excluding carboxylic acids is 1. The number of hydrogen-bond donors (Lipinski definition) is 2. The van der Waals surface area contributed by atoms with Gasteiger partial charge in [-0.15, -0.1) is 0 Å². The quantitative estimate of drug-likeness (QED) is 0.785. The van der Waals surface area contributed by atoms with Crippen LogP contribution in [0.1, 0.15) is 10.5 Å². The third kappa shape index (κ3) is 2.14. The molecule has 0 spiro atoms. The van der Waals surface area contributed by atoms with Gasteiger partial charge in [0.2, 0.25) is 0 Å². The van der Waals surface area contributed by atoms with Crippen molar-refractivity contribution in [3.05, 3.63) is 58.8 Å². The number of amides is 1. The first-order valence-electron chi connectivity index (χ1n) is 4.67. The molecule has 2 aromatic heterocycles. The van der Waals surface area contributed by atoms with Crippen LogP contribution in [-0.2, 0) is 0 Å². The zero-order chi connectivity index (χ0) is 11.4. The van der Waals surface area contributed by atoms with Gasteiger partial charge in [0.1, 0.15) is 11.4 Å². The Morgan fingerprint density at radius 3 is 2.81 bits per heavy atom. The van der Waals surface area contributed by atoms with E-state index in [1.807, 2.05) is 0 Å². The molecule has 0 radical (unpaired) electrons. The van der Waals surface area contributed by atoms with Gasteiger partial charge in [-0.2, -0.15) is 0 Å². The fraction of sp³-hybridized carbons (Fsp3) is 0. The normalized spacial score (nSPS) is 9.75. The van der Waals surface area contributed by atoms with Crippen molar-refractivity contribution in [1.82, 2.24) is 9.97 Å². The highest BCUT2D eigenvalue weighted by molar-refractivity contribution is 6.02. The highest BCUT2D eigenvalue weighted by Crippen LogP contribution is 2.00. The van der Waals surface area contributed by atoms with E-state index in [0.29, 0.717) is 0 Å². The van der Waals surface area contributed by atoms with Crippen molar-refractivity contribution < 1.29 is 4.79 Å². The van der Waals surface area contributed by atoms with E-state index >= 15 is 0 Å². The fourth-order valence-corrected chi connectivity index (χ4v) is 1.20. The molecule has 2 heterocycles. The van der Waals surface area contributed by atoms with E-state index in [0.717, 1.165) is 0 Å². The molecular formula is C11H9N3O2. The van der Waals surface area contributed by atoms with Gasteiger partial charge in [0.25, 0.3) is 11.5 Å². The molecule has 0 unspecified atom stereocenters. The Morgan fingerprint density at radius 2 is 2.12 bits per heavy atom. The first-order chi connectivity index (χ1) is 7.77. The fourth-order valence-electron chi connectivity index (χ4n) is 1.20. The van der Waals surface area contributed by atoms with Crippen LogP contribution in [-0.4, -0.2) is 15.9 Å². The van der Waals surface area contributed by atoms with Crippen LogP contribution < -0.4 is 10.9 Å². The van der Waals surface area contributed by atoms with E-state index in [9.17, 15) is 9.59 Å². The molecule has 0 bridgehead atoms. The van der Waals surface area contributed by atoms with Crippen molar-refractivity contribution >= 4 is 11.6 Å². The van der Waals surface area contributed by atoms with Crippen molar-refractivity contribution in [2.75, 3.05) is 5.32 Å². The van der Waals surface area contributed by atoms with Crippen LogP contribution in [0.25, 0.3) is 0 Å². The van der Waals surface area contributed by atoms with Crippen LogP contribution in [0.15, 0.2) is 47.5 Å². The summed E-state index contributed by atoms with van der Waals surface area (Å²) in [5.74, 6) is -0.405. The molecule has 2 rings (SSSR count). The number of carbonyl (C=O) groups is 1. The maximum absolute atomic E-state index is 11.6. The number of H-pyrrole nitrogens is 1.